The summed E-state index contributed by atoms with van der Waals surface area (Å²) >= 11 is 0. The quantitative estimate of drug-likeness (QED) is 0.557. The molecule has 1 fully saturated rings. The number of aromatic nitrogens is 3. The maximum atomic E-state index is 9.80. The fraction of sp³-hybridized carbons (Fsp3) is 0.211. The van der Waals surface area contributed by atoms with Gasteiger partial charge in [0.2, 0.25) is 5.88 Å². The number of aromatic hydroxyl groups is 2. The zero-order chi connectivity index (χ0) is 18.6. The summed E-state index contributed by atoms with van der Waals surface area (Å²) < 4.78 is 5.79. The Morgan fingerprint density at radius 1 is 1.11 bits per heavy atom. The molecule has 8 heteroatoms. The van der Waals surface area contributed by atoms with Gasteiger partial charge in [-0.05, 0) is 18.2 Å². The molecule has 1 aromatic carbocycles. The lowest BCUT2D eigenvalue weighted by Gasteiger charge is -2.23. The van der Waals surface area contributed by atoms with Crippen molar-refractivity contribution in [1.29, 1.82) is 0 Å². The number of benzene rings is 1. The van der Waals surface area contributed by atoms with E-state index in [0.29, 0.717) is 36.2 Å². The van der Waals surface area contributed by atoms with Gasteiger partial charge in [0, 0.05) is 30.8 Å². The number of hydrogen-bond acceptors (Lipinski definition) is 8. The number of phenols is 1. The molecule has 0 amide bonds. The molecule has 1 saturated heterocycles. The molecule has 2 aromatic heterocycles. The summed E-state index contributed by atoms with van der Waals surface area (Å²) in [6.45, 7) is 2.02. The van der Waals surface area contributed by atoms with Crippen molar-refractivity contribution in [3.05, 3.63) is 54.5 Å². The summed E-state index contributed by atoms with van der Waals surface area (Å²) in [4.78, 5) is 13.1. The fourth-order valence-electron chi connectivity index (χ4n) is 2.83. The lowest BCUT2D eigenvalue weighted by atomic mass is 10.1. The molecule has 0 spiro atoms. The first kappa shape index (κ1) is 17.2. The summed E-state index contributed by atoms with van der Waals surface area (Å²) in [6, 6.07) is 11.9. The highest BCUT2D eigenvalue weighted by Gasteiger charge is 2.20. The number of anilines is 2. The maximum absolute atomic E-state index is 9.80. The van der Waals surface area contributed by atoms with Gasteiger partial charge in [-0.25, -0.2) is 15.0 Å². The highest BCUT2D eigenvalue weighted by Crippen LogP contribution is 2.27. The third-order valence-electron chi connectivity index (χ3n) is 4.12. The molecule has 0 aliphatic carbocycles. The van der Waals surface area contributed by atoms with Crippen LogP contribution < -0.4 is 10.6 Å². The van der Waals surface area contributed by atoms with E-state index >= 15 is 0 Å². The van der Waals surface area contributed by atoms with Crippen LogP contribution in [0, 0.1) is 0 Å². The van der Waals surface area contributed by atoms with Crippen molar-refractivity contribution < 1.29 is 14.9 Å². The Morgan fingerprint density at radius 3 is 2.78 bits per heavy atom. The number of pyridine rings is 1. The monoisotopic (exact) mass is 365 g/mol. The van der Waals surface area contributed by atoms with Crippen LogP contribution in [0.5, 0.6) is 11.6 Å². The second kappa shape index (κ2) is 7.56. The highest BCUT2D eigenvalue weighted by molar-refractivity contribution is 5.66. The minimum Gasteiger partial charge on any atom is -0.508 e. The van der Waals surface area contributed by atoms with Crippen LogP contribution in [0.2, 0.25) is 0 Å². The number of nitrogens with one attached hydrogen (secondary N) is 2. The van der Waals surface area contributed by atoms with Crippen LogP contribution in [-0.4, -0.2) is 44.9 Å². The molecule has 4 N–H and O–H groups in total. The van der Waals surface area contributed by atoms with Gasteiger partial charge < -0.3 is 25.6 Å². The van der Waals surface area contributed by atoms with Crippen molar-refractivity contribution >= 4 is 11.5 Å². The van der Waals surface area contributed by atoms with E-state index < -0.39 is 0 Å². The van der Waals surface area contributed by atoms with Crippen molar-refractivity contribution in [2.24, 2.45) is 0 Å². The predicted molar refractivity (Wildman–Crippen MR) is 99.9 cm³/mol. The average Bonchev–Trinajstić information content (AvgIpc) is 2.70. The molecular formula is C19H19N5O3. The van der Waals surface area contributed by atoms with E-state index in [2.05, 4.69) is 25.6 Å². The van der Waals surface area contributed by atoms with E-state index in [4.69, 9.17) is 4.74 Å². The molecule has 27 heavy (non-hydrogen) atoms. The third kappa shape index (κ3) is 4.13. The summed E-state index contributed by atoms with van der Waals surface area (Å²) in [5, 5.41) is 25.6. The van der Waals surface area contributed by atoms with E-state index in [0.717, 1.165) is 12.1 Å². The maximum Gasteiger partial charge on any atom is 0.210 e. The van der Waals surface area contributed by atoms with Gasteiger partial charge >= 0.3 is 0 Å². The van der Waals surface area contributed by atoms with E-state index in [1.165, 1.54) is 12.3 Å². The van der Waals surface area contributed by atoms with Crippen molar-refractivity contribution in [2.75, 3.05) is 25.0 Å². The first-order valence-corrected chi connectivity index (χ1v) is 8.60. The van der Waals surface area contributed by atoms with Gasteiger partial charge in [-0.3, -0.25) is 0 Å². The molecule has 0 radical (unpaired) electrons. The molecule has 3 aromatic rings. The van der Waals surface area contributed by atoms with Crippen molar-refractivity contribution in [2.45, 2.75) is 6.10 Å². The number of phenolic OH excluding ortho intramolecular Hbond substituents is 1. The minimum absolute atomic E-state index is 0.0499. The van der Waals surface area contributed by atoms with Crippen LogP contribution >= 0.6 is 0 Å². The molecule has 0 bridgehead atoms. The lowest BCUT2D eigenvalue weighted by molar-refractivity contribution is 0.0223. The zero-order valence-corrected chi connectivity index (χ0v) is 14.5. The second-order valence-corrected chi connectivity index (χ2v) is 6.14. The number of morpholine rings is 1. The fourth-order valence-corrected chi connectivity index (χ4v) is 2.83. The standard InChI is InChI=1S/C19H19N5O3/c25-14-3-1-2-12(8-14)15-9-17(22-13-4-5-18(26)21-10-13)24-19(23-15)16-11-20-6-7-27-16/h1-5,8-10,16,20,25H,6-7,11H2,(H,21,26)(H,22,23,24). The Labute approximate surface area is 155 Å². The second-order valence-electron chi connectivity index (χ2n) is 6.14. The highest BCUT2D eigenvalue weighted by atomic mass is 16.5. The molecule has 3 heterocycles. The number of hydrogen-bond donors (Lipinski definition) is 4. The molecule has 0 saturated carbocycles. The van der Waals surface area contributed by atoms with E-state index in [-0.39, 0.29) is 17.7 Å². The van der Waals surface area contributed by atoms with Crippen LogP contribution in [0.25, 0.3) is 11.3 Å². The summed E-state index contributed by atoms with van der Waals surface area (Å²) in [5.74, 6) is 1.24. The number of rotatable bonds is 4. The van der Waals surface area contributed by atoms with Crippen molar-refractivity contribution in [3.63, 3.8) is 0 Å². The molecule has 1 unspecified atom stereocenters. The SMILES string of the molecule is Oc1cccc(-c2cc(Nc3ccc(O)nc3)nc(C3CNCCO3)n2)c1. The largest absolute Gasteiger partial charge is 0.508 e. The van der Waals surface area contributed by atoms with Crippen molar-refractivity contribution in [1.82, 2.24) is 20.3 Å². The van der Waals surface area contributed by atoms with Gasteiger partial charge in [-0.1, -0.05) is 12.1 Å². The van der Waals surface area contributed by atoms with Gasteiger partial charge in [-0.2, -0.15) is 0 Å². The summed E-state index contributed by atoms with van der Waals surface area (Å²) in [6.07, 6.45) is 1.26. The Balaban J connectivity index is 1.72. The molecule has 1 atom stereocenters. The number of ether oxygens (including phenoxy) is 1. The van der Waals surface area contributed by atoms with Gasteiger partial charge in [0.15, 0.2) is 5.82 Å². The normalized spacial score (nSPS) is 16.8. The lowest BCUT2D eigenvalue weighted by Crippen LogP contribution is -2.34. The average molecular weight is 365 g/mol. The van der Waals surface area contributed by atoms with Crippen LogP contribution in [0.1, 0.15) is 11.9 Å². The summed E-state index contributed by atoms with van der Waals surface area (Å²) in [7, 11) is 0. The van der Waals surface area contributed by atoms with Crippen LogP contribution in [-0.2, 0) is 4.74 Å². The van der Waals surface area contributed by atoms with Crippen LogP contribution in [0.3, 0.4) is 0 Å². The zero-order valence-electron chi connectivity index (χ0n) is 14.5. The molecule has 1 aliphatic rings. The van der Waals surface area contributed by atoms with Gasteiger partial charge in [0.1, 0.15) is 17.7 Å². The minimum atomic E-state index is -0.255. The molecule has 1 aliphatic heterocycles. The predicted octanol–water partition coefficient (Wildman–Crippen LogP) is 2.35. The smallest absolute Gasteiger partial charge is 0.210 e. The Bertz CT molecular complexity index is 927. The Hall–Kier alpha value is -3.23. The van der Waals surface area contributed by atoms with Gasteiger partial charge in [0.25, 0.3) is 0 Å². The molecule has 4 rings (SSSR count). The van der Waals surface area contributed by atoms with Gasteiger partial charge in [0.05, 0.1) is 24.2 Å². The first-order valence-electron chi connectivity index (χ1n) is 8.60. The molecule has 8 nitrogen and oxygen atoms in total. The topological polar surface area (TPSA) is 112 Å². The Kier molecular flexibility index (Phi) is 4.82. The number of nitrogens with zero attached hydrogens (tertiary/aromatic N) is 3. The van der Waals surface area contributed by atoms with Crippen molar-refractivity contribution in [3.8, 4) is 22.9 Å². The summed E-state index contributed by atoms with van der Waals surface area (Å²) in [5.41, 5.74) is 2.12. The Morgan fingerprint density at radius 2 is 2.04 bits per heavy atom. The van der Waals surface area contributed by atoms with Crippen LogP contribution in [0.15, 0.2) is 48.7 Å². The third-order valence-corrected chi connectivity index (χ3v) is 4.12. The van der Waals surface area contributed by atoms with E-state index in [1.54, 1.807) is 30.3 Å². The first-order chi connectivity index (χ1) is 13.2. The van der Waals surface area contributed by atoms with Gasteiger partial charge in [-0.15, -0.1) is 0 Å². The van der Waals surface area contributed by atoms with E-state index in [1.807, 2.05) is 6.07 Å². The van der Waals surface area contributed by atoms with E-state index in [9.17, 15) is 10.2 Å². The molecular weight excluding hydrogens is 346 g/mol. The molecule has 138 valence electrons. The van der Waals surface area contributed by atoms with Crippen LogP contribution in [0.4, 0.5) is 11.5 Å².